The number of aryl methyl sites for hydroxylation is 2. The molecular weight excluding hydrogens is 451 g/mol. The Labute approximate surface area is 194 Å². The largest absolute Gasteiger partial charge is 0.485 e. The smallest absolute Gasteiger partial charge is 0.293 e. The summed E-state index contributed by atoms with van der Waals surface area (Å²) in [4.78, 5) is 16.6. The van der Waals surface area contributed by atoms with Crippen molar-refractivity contribution in [3.8, 4) is 5.75 Å². The summed E-state index contributed by atoms with van der Waals surface area (Å²) in [6.45, 7) is 4.57. The zero-order valence-corrected chi connectivity index (χ0v) is 18.9. The van der Waals surface area contributed by atoms with Gasteiger partial charge >= 0.3 is 0 Å². The molecule has 0 radical (unpaired) electrons. The molecule has 4 aromatic rings. The number of anilines is 1. The molecule has 0 atom stereocenters. The second-order valence-corrected chi connectivity index (χ2v) is 8.07. The maximum absolute atomic E-state index is 12.5. The number of aromatic nitrogens is 3. The maximum Gasteiger partial charge on any atom is 0.293 e. The molecule has 4 rings (SSSR count). The Balaban J connectivity index is 1.36. The van der Waals surface area contributed by atoms with Gasteiger partial charge in [0.25, 0.3) is 5.91 Å². The number of benzene rings is 2. The molecule has 32 heavy (non-hydrogen) atoms. The number of halogens is 2. The number of carbonyl (C=O) groups is 1. The number of para-hydroxylation sites is 1. The number of amides is 1. The van der Waals surface area contributed by atoms with Crippen LogP contribution < -0.4 is 10.1 Å². The number of ether oxygens (including phenoxy) is 1. The summed E-state index contributed by atoms with van der Waals surface area (Å²) in [5.74, 6) is 1.19. The van der Waals surface area contributed by atoms with Gasteiger partial charge in [-0.2, -0.15) is 0 Å². The number of nitrogens with zero attached hydrogens (tertiary/aromatic N) is 3. The molecule has 2 heterocycles. The predicted molar refractivity (Wildman–Crippen MR) is 122 cm³/mol. The van der Waals surface area contributed by atoms with Gasteiger partial charge in [0.1, 0.15) is 24.4 Å². The molecule has 0 saturated heterocycles. The van der Waals surface area contributed by atoms with E-state index in [1.807, 2.05) is 38.1 Å². The van der Waals surface area contributed by atoms with Crippen LogP contribution in [0.2, 0.25) is 10.0 Å². The molecule has 0 unspecified atom stereocenters. The van der Waals surface area contributed by atoms with Crippen LogP contribution in [0.15, 0.2) is 59.3 Å². The Hall–Kier alpha value is -3.29. The maximum atomic E-state index is 12.5. The van der Waals surface area contributed by atoms with Crippen molar-refractivity contribution in [2.45, 2.75) is 27.0 Å². The van der Waals surface area contributed by atoms with E-state index in [4.69, 9.17) is 32.4 Å². The highest BCUT2D eigenvalue weighted by atomic mass is 35.5. The first kappa shape index (κ1) is 21.9. The van der Waals surface area contributed by atoms with E-state index < -0.39 is 5.91 Å². The molecule has 0 aliphatic heterocycles. The van der Waals surface area contributed by atoms with Crippen molar-refractivity contribution < 1.29 is 13.9 Å². The number of hydrogen-bond acceptors (Lipinski definition) is 5. The van der Waals surface area contributed by atoms with Crippen molar-refractivity contribution in [3.63, 3.8) is 0 Å². The number of rotatable bonds is 7. The monoisotopic (exact) mass is 470 g/mol. The second-order valence-electron chi connectivity index (χ2n) is 7.23. The summed E-state index contributed by atoms with van der Waals surface area (Å²) in [7, 11) is 0. The zero-order chi connectivity index (χ0) is 22.7. The van der Waals surface area contributed by atoms with Gasteiger partial charge in [0.05, 0.1) is 6.54 Å². The topological polar surface area (TPSA) is 82.2 Å². The summed E-state index contributed by atoms with van der Waals surface area (Å²) in [6, 6.07) is 14.5. The fourth-order valence-corrected chi connectivity index (χ4v) is 3.63. The van der Waals surface area contributed by atoms with Gasteiger partial charge in [-0.3, -0.25) is 10.1 Å². The van der Waals surface area contributed by atoms with E-state index in [2.05, 4.69) is 15.4 Å². The van der Waals surface area contributed by atoms with Gasteiger partial charge in [-0.25, -0.2) is 9.67 Å². The van der Waals surface area contributed by atoms with Crippen LogP contribution in [0.1, 0.15) is 33.0 Å². The lowest BCUT2D eigenvalue weighted by molar-refractivity contribution is 0.0991. The molecule has 2 aromatic carbocycles. The molecule has 1 N–H and O–H groups in total. The third-order valence-corrected chi connectivity index (χ3v) is 5.35. The Morgan fingerprint density at radius 1 is 1.12 bits per heavy atom. The van der Waals surface area contributed by atoms with Gasteiger partial charge in [0.15, 0.2) is 5.76 Å². The molecule has 0 bridgehead atoms. The fourth-order valence-electron chi connectivity index (χ4n) is 3.16. The minimum atomic E-state index is -0.453. The number of nitrogens with one attached hydrogen (secondary N) is 1. The van der Waals surface area contributed by atoms with Crippen LogP contribution in [0, 0.1) is 13.8 Å². The van der Waals surface area contributed by atoms with E-state index in [1.165, 1.54) is 6.33 Å². The van der Waals surface area contributed by atoms with Crippen LogP contribution in [0.25, 0.3) is 0 Å². The lowest BCUT2D eigenvalue weighted by atomic mass is 10.1. The molecule has 7 nitrogen and oxygen atoms in total. The molecule has 0 saturated carbocycles. The number of furan rings is 1. The molecule has 0 aliphatic rings. The Bertz CT molecular complexity index is 1250. The van der Waals surface area contributed by atoms with Crippen molar-refractivity contribution in [1.82, 2.24) is 14.8 Å². The second kappa shape index (κ2) is 9.46. The molecule has 0 spiro atoms. The summed E-state index contributed by atoms with van der Waals surface area (Å²) < 4.78 is 13.1. The first-order valence-electron chi connectivity index (χ1n) is 9.81. The average molecular weight is 471 g/mol. The Morgan fingerprint density at radius 2 is 1.91 bits per heavy atom. The number of carbonyl (C=O) groups excluding carboxylic acids is 1. The van der Waals surface area contributed by atoms with E-state index in [9.17, 15) is 4.79 Å². The van der Waals surface area contributed by atoms with Gasteiger partial charge < -0.3 is 9.15 Å². The normalized spacial score (nSPS) is 10.9. The lowest BCUT2D eigenvalue weighted by Crippen LogP contribution is -2.12. The lowest BCUT2D eigenvalue weighted by Gasteiger charge is -2.10. The molecule has 164 valence electrons. The minimum Gasteiger partial charge on any atom is -0.485 e. The summed E-state index contributed by atoms with van der Waals surface area (Å²) in [6.07, 6.45) is 1.51. The third kappa shape index (κ3) is 5.12. The molecule has 0 fully saturated rings. The first-order chi connectivity index (χ1) is 15.4. The average Bonchev–Trinajstić information content (AvgIpc) is 3.39. The standard InChI is InChI=1S/C23H20Cl2N4O3/c1-14-4-3-5-15(2)21(14)31-12-18-8-9-20(32-18)22(30)27-23-26-13-29(28-23)11-16-6-7-17(24)10-19(16)25/h3-10,13H,11-12H2,1-2H3,(H,27,28,30). The highest BCUT2D eigenvalue weighted by Crippen LogP contribution is 2.24. The van der Waals surface area contributed by atoms with Crippen molar-refractivity contribution in [3.05, 3.63) is 93.1 Å². The van der Waals surface area contributed by atoms with Gasteiger partial charge in [0, 0.05) is 10.0 Å². The molecule has 1 amide bonds. The molecule has 9 heteroatoms. The van der Waals surface area contributed by atoms with Crippen molar-refractivity contribution in [1.29, 1.82) is 0 Å². The summed E-state index contributed by atoms with van der Waals surface area (Å²) in [5, 5.41) is 7.97. The molecule has 0 aliphatic carbocycles. The quantitative estimate of drug-likeness (QED) is 0.375. The van der Waals surface area contributed by atoms with Crippen LogP contribution in [0.5, 0.6) is 5.75 Å². The highest BCUT2D eigenvalue weighted by molar-refractivity contribution is 6.35. The fraction of sp³-hybridized carbons (Fsp3) is 0.174. The molecule has 2 aromatic heterocycles. The van der Waals surface area contributed by atoms with Crippen LogP contribution in [-0.2, 0) is 13.2 Å². The van der Waals surface area contributed by atoms with E-state index >= 15 is 0 Å². The predicted octanol–water partition coefficient (Wildman–Crippen LogP) is 5.67. The van der Waals surface area contributed by atoms with Gasteiger partial charge in [-0.15, -0.1) is 5.10 Å². The van der Waals surface area contributed by atoms with E-state index in [1.54, 1.807) is 28.9 Å². The van der Waals surface area contributed by atoms with Crippen molar-refractivity contribution in [2.24, 2.45) is 0 Å². The van der Waals surface area contributed by atoms with Gasteiger partial charge in [-0.05, 0) is 54.8 Å². The van der Waals surface area contributed by atoms with E-state index in [0.717, 1.165) is 22.4 Å². The third-order valence-electron chi connectivity index (χ3n) is 4.76. The Morgan fingerprint density at radius 3 is 2.66 bits per heavy atom. The summed E-state index contributed by atoms with van der Waals surface area (Å²) >= 11 is 12.1. The Kier molecular flexibility index (Phi) is 6.48. The molecular formula is C23H20Cl2N4O3. The minimum absolute atomic E-state index is 0.141. The van der Waals surface area contributed by atoms with Crippen molar-refractivity contribution >= 4 is 35.1 Å². The summed E-state index contributed by atoms with van der Waals surface area (Å²) in [5.41, 5.74) is 2.91. The van der Waals surface area contributed by atoms with E-state index in [0.29, 0.717) is 22.4 Å². The number of hydrogen-bond donors (Lipinski definition) is 1. The van der Waals surface area contributed by atoms with Crippen LogP contribution >= 0.6 is 23.2 Å². The first-order valence-corrected chi connectivity index (χ1v) is 10.6. The van der Waals surface area contributed by atoms with Crippen molar-refractivity contribution in [2.75, 3.05) is 5.32 Å². The zero-order valence-electron chi connectivity index (χ0n) is 17.4. The van der Waals surface area contributed by atoms with Crippen LogP contribution in [0.3, 0.4) is 0 Å². The van der Waals surface area contributed by atoms with Crippen LogP contribution in [0.4, 0.5) is 5.95 Å². The highest BCUT2D eigenvalue weighted by Gasteiger charge is 2.15. The van der Waals surface area contributed by atoms with Gasteiger partial charge in [-0.1, -0.05) is 47.5 Å². The van der Waals surface area contributed by atoms with Gasteiger partial charge in [0.2, 0.25) is 5.95 Å². The van der Waals surface area contributed by atoms with E-state index in [-0.39, 0.29) is 18.3 Å². The van der Waals surface area contributed by atoms with Crippen LogP contribution in [-0.4, -0.2) is 20.7 Å². The SMILES string of the molecule is Cc1cccc(C)c1OCc1ccc(C(=O)Nc2ncn(Cc3ccc(Cl)cc3Cl)n2)o1.